The van der Waals surface area contributed by atoms with Crippen molar-refractivity contribution in [2.45, 2.75) is 65.1 Å². The molecule has 124 valence electrons. The molecule has 3 rings (SSSR count). The second-order valence-electron chi connectivity index (χ2n) is 5.80. The first-order valence-electron chi connectivity index (χ1n) is 8.31. The normalized spacial score (nSPS) is 23.6. The van der Waals surface area contributed by atoms with E-state index in [-0.39, 0.29) is 12.1 Å². The van der Waals surface area contributed by atoms with Gasteiger partial charge in [0.15, 0.2) is 0 Å². The van der Waals surface area contributed by atoms with Gasteiger partial charge in [-0.1, -0.05) is 13.8 Å². The van der Waals surface area contributed by atoms with E-state index >= 15 is 0 Å². The number of amides is 2. The van der Waals surface area contributed by atoms with E-state index in [1.807, 2.05) is 25.7 Å². The molecule has 1 aromatic rings. The minimum absolute atomic E-state index is 0.0286. The number of aromatic nitrogens is 2. The van der Waals surface area contributed by atoms with Crippen molar-refractivity contribution in [2.75, 3.05) is 13.6 Å². The van der Waals surface area contributed by atoms with Crippen molar-refractivity contribution < 1.29 is 9.90 Å². The zero-order valence-corrected chi connectivity index (χ0v) is 14.1. The van der Waals surface area contributed by atoms with Gasteiger partial charge in [0, 0.05) is 31.3 Å². The number of hydrogen-bond acceptors (Lipinski definition) is 3. The molecule has 0 aromatic carbocycles. The van der Waals surface area contributed by atoms with Crippen LogP contribution < -0.4 is 5.32 Å². The van der Waals surface area contributed by atoms with Crippen molar-refractivity contribution in [3.05, 3.63) is 17.0 Å². The zero-order valence-electron chi connectivity index (χ0n) is 14.1. The Balaban J connectivity index is 0.000000847. The van der Waals surface area contributed by atoms with E-state index in [2.05, 4.69) is 15.1 Å². The van der Waals surface area contributed by atoms with Gasteiger partial charge in [-0.3, -0.25) is 4.68 Å². The molecule has 0 spiro atoms. The Morgan fingerprint density at radius 2 is 2.09 bits per heavy atom. The molecule has 2 atom stereocenters. The first kappa shape index (κ1) is 16.8. The number of nitrogens with one attached hydrogen (secondary N) is 1. The van der Waals surface area contributed by atoms with Gasteiger partial charge in [-0.2, -0.15) is 5.10 Å². The summed E-state index contributed by atoms with van der Waals surface area (Å²) >= 11 is 0. The van der Waals surface area contributed by atoms with Gasteiger partial charge in [-0.15, -0.1) is 0 Å². The lowest BCUT2D eigenvalue weighted by Gasteiger charge is -2.28. The molecule has 1 saturated carbocycles. The third-order valence-electron chi connectivity index (χ3n) is 4.51. The van der Waals surface area contributed by atoms with Crippen LogP contribution in [-0.4, -0.2) is 45.5 Å². The third kappa shape index (κ3) is 3.11. The summed E-state index contributed by atoms with van der Waals surface area (Å²) < 4.78 is 2.11. The smallest absolute Gasteiger partial charge is 0.317 e. The summed E-state index contributed by atoms with van der Waals surface area (Å²) in [7, 11) is 1.66. The predicted octanol–water partition coefficient (Wildman–Crippen LogP) is 2.00. The standard InChI is InChI=1S/C14H22N4O2.C2H6/c1-9-12-8-17(14(20)15-2)6-5-13(12)18(16-9)10-3-4-11(19)7-10;1-2/h10-11,19H,3-8H2,1-2H3,(H,15,20);1-2H3. The van der Waals surface area contributed by atoms with E-state index < -0.39 is 0 Å². The molecule has 0 radical (unpaired) electrons. The van der Waals surface area contributed by atoms with E-state index in [1.165, 1.54) is 11.3 Å². The van der Waals surface area contributed by atoms with Gasteiger partial charge in [0.05, 0.1) is 24.4 Å². The molecule has 1 aliphatic carbocycles. The summed E-state index contributed by atoms with van der Waals surface area (Å²) in [5, 5.41) is 17.1. The van der Waals surface area contributed by atoms with E-state index in [0.717, 1.165) is 37.9 Å². The van der Waals surface area contributed by atoms with Crippen LogP contribution in [-0.2, 0) is 13.0 Å². The maximum Gasteiger partial charge on any atom is 0.317 e. The van der Waals surface area contributed by atoms with Gasteiger partial charge in [-0.05, 0) is 26.2 Å². The fourth-order valence-electron chi connectivity index (χ4n) is 3.40. The summed E-state index contributed by atoms with van der Waals surface area (Å²) in [6.07, 6.45) is 3.31. The van der Waals surface area contributed by atoms with Crippen molar-refractivity contribution in [3.8, 4) is 0 Å². The van der Waals surface area contributed by atoms with Gasteiger partial charge in [0.2, 0.25) is 0 Å². The Hall–Kier alpha value is -1.56. The van der Waals surface area contributed by atoms with Crippen LogP contribution in [0.15, 0.2) is 0 Å². The minimum Gasteiger partial charge on any atom is -0.393 e. The highest BCUT2D eigenvalue weighted by atomic mass is 16.3. The Kier molecular flexibility index (Phi) is 5.45. The lowest BCUT2D eigenvalue weighted by atomic mass is 10.1. The average Bonchev–Trinajstić information content (AvgIpc) is 3.12. The SMILES string of the molecule is CC.CNC(=O)N1CCc2c(c(C)nn2C2CCC(O)C2)C1. The number of carbonyl (C=O) groups excluding carboxylic acids is 1. The second kappa shape index (κ2) is 7.13. The molecule has 6 heteroatoms. The number of urea groups is 1. The van der Waals surface area contributed by atoms with Crippen molar-refractivity contribution in [1.29, 1.82) is 0 Å². The molecule has 2 amide bonds. The highest BCUT2D eigenvalue weighted by molar-refractivity contribution is 5.74. The second-order valence-corrected chi connectivity index (χ2v) is 5.80. The first-order chi connectivity index (χ1) is 10.6. The maximum atomic E-state index is 11.7. The molecule has 0 saturated heterocycles. The van der Waals surface area contributed by atoms with Crippen LogP contribution in [0.25, 0.3) is 0 Å². The van der Waals surface area contributed by atoms with Crippen molar-refractivity contribution in [1.82, 2.24) is 20.0 Å². The van der Waals surface area contributed by atoms with Crippen LogP contribution in [0.3, 0.4) is 0 Å². The molecule has 1 aliphatic heterocycles. The Morgan fingerprint density at radius 3 is 2.68 bits per heavy atom. The lowest BCUT2D eigenvalue weighted by molar-refractivity contribution is 0.176. The Morgan fingerprint density at radius 1 is 1.36 bits per heavy atom. The number of aryl methyl sites for hydroxylation is 1. The fourth-order valence-corrected chi connectivity index (χ4v) is 3.40. The lowest BCUT2D eigenvalue weighted by Crippen LogP contribution is -2.41. The van der Waals surface area contributed by atoms with Crippen LogP contribution in [0.2, 0.25) is 0 Å². The van der Waals surface area contributed by atoms with Crippen molar-refractivity contribution in [3.63, 3.8) is 0 Å². The molecule has 2 N–H and O–H groups in total. The fraction of sp³-hybridized carbons (Fsp3) is 0.750. The van der Waals surface area contributed by atoms with Crippen LogP contribution in [0.1, 0.15) is 56.1 Å². The predicted molar refractivity (Wildman–Crippen MR) is 85.8 cm³/mol. The summed E-state index contributed by atoms with van der Waals surface area (Å²) in [5.74, 6) is 0. The highest BCUT2D eigenvalue weighted by Gasteiger charge is 2.31. The quantitative estimate of drug-likeness (QED) is 0.833. The van der Waals surface area contributed by atoms with Gasteiger partial charge >= 0.3 is 6.03 Å². The topological polar surface area (TPSA) is 70.4 Å². The number of aliphatic hydroxyl groups excluding tert-OH is 1. The van der Waals surface area contributed by atoms with Crippen molar-refractivity contribution in [2.24, 2.45) is 0 Å². The summed E-state index contributed by atoms with van der Waals surface area (Å²) in [5.41, 5.74) is 3.44. The zero-order chi connectivity index (χ0) is 16.3. The molecule has 1 aromatic heterocycles. The van der Waals surface area contributed by atoms with Crippen LogP contribution in [0.4, 0.5) is 4.79 Å². The van der Waals surface area contributed by atoms with E-state index in [0.29, 0.717) is 12.6 Å². The largest absolute Gasteiger partial charge is 0.393 e. The number of aliphatic hydroxyl groups is 1. The first-order valence-corrected chi connectivity index (χ1v) is 8.31. The van der Waals surface area contributed by atoms with Gasteiger partial charge in [-0.25, -0.2) is 4.79 Å². The number of carbonyl (C=O) groups is 1. The average molecular weight is 308 g/mol. The molecule has 2 aliphatic rings. The summed E-state index contributed by atoms with van der Waals surface area (Å²) in [4.78, 5) is 13.6. The molecule has 6 nitrogen and oxygen atoms in total. The monoisotopic (exact) mass is 308 g/mol. The van der Waals surface area contributed by atoms with E-state index in [1.54, 1.807) is 7.05 Å². The Labute approximate surface area is 132 Å². The number of hydrogen-bond donors (Lipinski definition) is 2. The molecule has 1 fully saturated rings. The number of fused-ring (bicyclic) bond motifs is 1. The van der Waals surface area contributed by atoms with Gasteiger partial charge in [0.25, 0.3) is 0 Å². The van der Waals surface area contributed by atoms with E-state index in [9.17, 15) is 9.90 Å². The van der Waals surface area contributed by atoms with E-state index in [4.69, 9.17) is 0 Å². The Bertz CT molecular complexity index is 526. The molecule has 2 unspecified atom stereocenters. The van der Waals surface area contributed by atoms with Crippen LogP contribution in [0, 0.1) is 6.92 Å². The molecule has 2 heterocycles. The molecule has 22 heavy (non-hydrogen) atoms. The summed E-state index contributed by atoms with van der Waals surface area (Å²) in [6.45, 7) is 7.37. The summed E-state index contributed by atoms with van der Waals surface area (Å²) in [6, 6.07) is 0.290. The number of rotatable bonds is 1. The minimum atomic E-state index is -0.189. The maximum absolute atomic E-state index is 11.7. The highest BCUT2D eigenvalue weighted by Crippen LogP contribution is 2.33. The van der Waals surface area contributed by atoms with Crippen molar-refractivity contribution >= 4 is 6.03 Å². The molecule has 0 bridgehead atoms. The van der Waals surface area contributed by atoms with Crippen LogP contribution in [0.5, 0.6) is 0 Å². The third-order valence-corrected chi connectivity index (χ3v) is 4.51. The number of nitrogens with zero attached hydrogens (tertiary/aromatic N) is 3. The molecular formula is C16H28N4O2. The van der Waals surface area contributed by atoms with Crippen LogP contribution >= 0.6 is 0 Å². The van der Waals surface area contributed by atoms with Gasteiger partial charge < -0.3 is 15.3 Å². The van der Waals surface area contributed by atoms with Gasteiger partial charge in [0.1, 0.15) is 0 Å². The molecular weight excluding hydrogens is 280 g/mol.